The van der Waals surface area contributed by atoms with Crippen molar-refractivity contribution < 1.29 is 4.74 Å². The molecule has 1 fully saturated rings. The van der Waals surface area contributed by atoms with E-state index >= 15 is 0 Å². The van der Waals surface area contributed by atoms with E-state index < -0.39 is 0 Å². The van der Waals surface area contributed by atoms with Crippen LogP contribution >= 0.6 is 22.9 Å². The summed E-state index contributed by atoms with van der Waals surface area (Å²) < 4.78 is 6.40. The van der Waals surface area contributed by atoms with Gasteiger partial charge in [0.15, 0.2) is 0 Å². The Bertz CT molecular complexity index is 383. The van der Waals surface area contributed by atoms with E-state index in [0.29, 0.717) is 6.04 Å². The SMILES string of the molecule is CCC1COCCN1C(c1ccc(Cl)s1)C(C)N. The highest BCUT2D eigenvalue weighted by molar-refractivity contribution is 7.16. The van der Waals surface area contributed by atoms with Crippen molar-refractivity contribution in [1.29, 1.82) is 0 Å². The van der Waals surface area contributed by atoms with Crippen molar-refractivity contribution in [3.05, 3.63) is 21.3 Å². The number of nitrogens with zero attached hydrogens (tertiary/aromatic N) is 1. The Labute approximate surface area is 118 Å². The van der Waals surface area contributed by atoms with Crippen LogP contribution in [-0.4, -0.2) is 36.7 Å². The normalized spacial score (nSPS) is 25.0. The number of halogens is 1. The second kappa shape index (κ2) is 6.35. The fourth-order valence-corrected chi connectivity index (χ4v) is 3.90. The lowest BCUT2D eigenvalue weighted by atomic mass is 10.0. The van der Waals surface area contributed by atoms with Crippen LogP contribution in [0.5, 0.6) is 0 Å². The fraction of sp³-hybridized carbons (Fsp3) is 0.692. The van der Waals surface area contributed by atoms with Crippen molar-refractivity contribution in [2.45, 2.75) is 38.4 Å². The van der Waals surface area contributed by atoms with Gasteiger partial charge in [0.1, 0.15) is 0 Å². The van der Waals surface area contributed by atoms with Gasteiger partial charge < -0.3 is 10.5 Å². The second-order valence-corrected chi connectivity index (χ2v) is 6.57. The van der Waals surface area contributed by atoms with E-state index in [9.17, 15) is 0 Å². The Hall–Kier alpha value is -0.130. The smallest absolute Gasteiger partial charge is 0.0931 e. The van der Waals surface area contributed by atoms with Gasteiger partial charge in [0.25, 0.3) is 0 Å². The molecule has 5 heteroatoms. The van der Waals surface area contributed by atoms with Crippen molar-refractivity contribution in [2.24, 2.45) is 5.73 Å². The lowest BCUT2D eigenvalue weighted by Crippen LogP contribution is -2.50. The minimum Gasteiger partial charge on any atom is -0.378 e. The summed E-state index contributed by atoms with van der Waals surface area (Å²) in [6.07, 6.45) is 1.09. The Morgan fingerprint density at radius 2 is 2.39 bits per heavy atom. The van der Waals surface area contributed by atoms with E-state index in [1.54, 1.807) is 11.3 Å². The maximum Gasteiger partial charge on any atom is 0.0931 e. The zero-order valence-electron chi connectivity index (χ0n) is 10.9. The van der Waals surface area contributed by atoms with E-state index in [4.69, 9.17) is 22.1 Å². The first-order chi connectivity index (χ1) is 8.63. The number of morpholine rings is 1. The van der Waals surface area contributed by atoms with Gasteiger partial charge in [-0.2, -0.15) is 0 Å². The lowest BCUT2D eigenvalue weighted by Gasteiger charge is -2.42. The molecule has 0 saturated carbocycles. The maximum atomic E-state index is 6.21. The van der Waals surface area contributed by atoms with Crippen molar-refractivity contribution in [1.82, 2.24) is 4.90 Å². The van der Waals surface area contributed by atoms with E-state index in [0.717, 1.165) is 30.5 Å². The predicted molar refractivity (Wildman–Crippen MR) is 77.3 cm³/mol. The van der Waals surface area contributed by atoms with Crippen LogP contribution in [-0.2, 0) is 4.74 Å². The highest BCUT2D eigenvalue weighted by Gasteiger charge is 2.32. The maximum absolute atomic E-state index is 6.21. The molecular weight excluding hydrogens is 268 g/mol. The molecule has 3 unspecified atom stereocenters. The summed E-state index contributed by atoms with van der Waals surface area (Å²) >= 11 is 7.69. The van der Waals surface area contributed by atoms with Gasteiger partial charge in [0, 0.05) is 23.5 Å². The molecule has 3 atom stereocenters. The molecule has 2 rings (SSSR count). The van der Waals surface area contributed by atoms with E-state index in [1.807, 2.05) is 6.07 Å². The molecule has 2 heterocycles. The van der Waals surface area contributed by atoms with E-state index in [1.165, 1.54) is 4.88 Å². The van der Waals surface area contributed by atoms with Crippen molar-refractivity contribution in [3.63, 3.8) is 0 Å². The summed E-state index contributed by atoms with van der Waals surface area (Å²) in [6, 6.07) is 4.85. The third kappa shape index (κ3) is 3.06. The summed E-state index contributed by atoms with van der Waals surface area (Å²) in [5.74, 6) is 0. The third-order valence-electron chi connectivity index (χ3n) is 3.49. The Balaban J connectivity index is 2.23. The van der Waals surface area contributed by atoms with Gasteiger partial charge in [-0.25, -0.2) is 0 Å². The molecule has 3 nitrogen and oxygen atoms in total. The van der Waals surface area contributed by atoms with Crippen LogP contribution in [0, 0.1) is 0 Å². The molecule has 1 saturated heterocycles. The summed E-state index contributed by atoms with van der Waals surface area (Å²) in [7, 11) is 0. The largest absolute Gasteiger partial charge is 0.378 e. The minimum absolute atomic E-state index is 0.0897. The molecular formula is C13H21ClN2OS. The van der Waals surface area contributed by atoms with Crippen LogP contribution in [0.25, 0.3) is 0 Å². The molecule has 0 radical (unpaired) electrons. The quantitative estimate of drug-likeness (QED) is 0.926. The first-order valence-electron chi connectivity index (χ1n) is 6.47. The number of nitrogens with two attached hydrogens (primary N) is 1. The van der Waals surface area contributed by atoms with Crippen molar-refractivity contribution >= 4 is 22.9 Å². The van der Waals surface area contributed by atoms with Gasteiger partial charge in [-0.1, -0.05) is 18.5 Å². The average molecular weight is 289 g/mol. The predicted octanol–water partition coefficient (Wildman–Crippen LogP) is 2.90. The van der Waals surface area contributed by atoms with E-state index in [-0.39, 0.29) is 12.1 Å². The molecule has 0 spiro atoms. The number of hydrogen-bond donors (Lipinski definition) is 1. The van der Waals surface area contributed by atoms with Crippen LogP contribution in [0.2, 0.25) is 4.34 Å². The van der Waals surface area contributed by atoms with Crippen LogP contribution in [0.3, 0.4) is 0 Å². The third-order valence-corrected chi connectivity index (χ3v) is 4.79. The first kappa shape index (κ1) is 14.3. The second-order valence-electron chi connectivity index (χ2n) is 4.82. The number of rotatable bonds is 4. The molecule has 1 aromatic heterocycles. The van der Waals surface area contributed by atoms with Crippen LogP contribution < -0.4 is 5.73 Å². The molecule has 0 bridgehead atoms. The molecule has 1 aromatic rings. The van der Waals surface area contributed by atoms with Gasteiger partial charge in [-0.05, 0) is 25.5 Å². The van der Waals surface area contributed by atoms with Crippen molar-refractivity contribution in [3.8, 4) is 0 Å². The number of hydrogen-bond acceptors (Lipinski definition) is 4. The molecule has 1 aliphatic heterocycles. The van der Waals surface area contributed by atoms with E-state index in [2.05, 4.69) is 24.8 Å². The number of ether oxygens (including phenoxy) is 1. The molecule has 2 N–H and O–H groups in total. The standard InChI is InChI=1S/C13H21ClN2OS/c1-3-10-8-17-7-6-16(10)13(9(2)15)11-4-5-12(14)18-11/h4-5,9-10,13H,3,6-8,15H2,1-2H3. The molecule has 102 valence electrons. The lowest BCUT2D eigenvalue weighted by molar-refractivity contribution is -0.0341. The van der Waals surface area contributed by atoms with Gasteiger partial charge in [0.2, 0.25) is 0 Å². The highest BCUT2D eigenvalue weighted by atomic mass is 35.5. The topological polar surface area (TPSA) is 38.5 Å². The van der Waals surface area contributed by atoms with Gasteiger partial charge in [-0.15, -0.1) is 11.3 Å². The molecule has 0 aliphatic carbocycles. The van der Waals surface area contributed by atoms with Gasteiger partial charge >= 0.3 is 0 Å². The molecule has 1 aliphatic rings. The Morgan fingerprint density at radius 3 is 2.94 bits per heavy atom. The van der Waals surface area contributed by atoms with Crippen molar-refractivity contribution in [2.75, 3.05) is 19.8 Å². The van der Waals surface area contributed by atoms with Crippen LogP contribution in [0.1, 0.15) is 31.2 Å². The zero-order valence-corrected chi connectivity index (χ0v) is 12.5. The van der Waals surface area contributed by atoms with Crippen LogP contribution in [0.4, 0.5) is 0 Å². The zero-order chi connectivity index (χ0) is 13.1. The summed E-state index contributed by atoms with van der Waals surface area (Å²) in [5, 5.41) is 0. The Kier molecular flexibility index (Phi) is 5.04. The molecule has 0 aromatic carbocycles. The Morgan fingerprint density at radius 1 is 1.61 bits per heavy atom. The minimum atomic E-state index is 0.0897. The van der Waals surface area contributed by atoms with Gasteiger partial charge in [0.05, 0.1) is 23.6 Å². The summed E-state index contributed by atoms with van der Waals surface area (Å²) in [5.41, 5.74) is 6.21. The summed E-state index contributed by atoms with van der Waals surface area (Å²) in [6.45, 7) is 6.81. The molecule has 18 heavy (non-hydrogen) atoms. The molecule has 0 amide bonds. The summed E-state index contributed by atoms with van der Waals surface area (Å²) in [4.78, 5) is 3.74. The average Bonchev–Trinajstić information content (AvgIpc) is 2.76. The monoisotopic (exact) mass is 288 g/mol. The first-order valence-corrected chi connectivity index (χ1v) is 7.67. The fourth-order valence-electron chi connectivity index (χ4n) is 2.60. The number of thiophene rings is 1. The highest BCUT2D eigenvalue weighted by Crippen LogP contribution is 2.34. The van der Waals surface area contributed by atoms with Crippen LogP contribution in [0.15, 0.2) is 12.1 Å². The van der Waals surface area contributed by atoms with Gasteiger partial charge in [-0.3, -0.25) is 4.90 Å².